The Kier molecular flexibility index (Phi) is 14.6. The van der Waals surface area contributed by atoms with Gasteiger partial charge in [-0.15, -0.1) is 0 Å². The lowest BCUT2D eigenvalue weighted by molar-refractivity contribution is -0.343. The Bertz CT molecular complexity index is 2970. The third-order valence-corrected chi connectivity index (χ3v) is 11.7. The summed E-state index contributed by atoms with van der Waals surface area (Å²) in [4.78, 5) is 0. The molecule has 2 atom stereocenters. The van der Waals surface area contributed by atoms with Crippen molar-refractivity contribution in [2.45, 2.75) is 26.1 Å². The summed E-state index contributed by atoms with van der Waals surface area (Å²) in [5.74, 6) is -113. The van der Waals surface area contributed by atoms with Gasteiger partial charge >= 0.3 is 36.8 Å². The first-order valence-electron chi connectivity index (χ1n) is 19.9. The van der Waals surface area contributed by atoms with Crippen molar-refractivity contribution in [2.24, 2.45) is 0 Å². The molecule has 0 aromatic heterocycles. The predicted octanol–water partition coefficient (Wildman–Crippen LogP) is 8.44. The molecule has 0 unspecified atom stereocenters. The highest BCUT2D eigenvalue weighted by atomic mass is 19.2. The molecule has 7 rings (SSSR count). The fourth-order valence-corrected chi connectivity index (χ4v) is 8.32. The highest BCUT2D eigenvalue weighted by Gasteiger charge is 2.61. The van der Waals surface area contributed by atoms with Crippen molar-refractivity contribution in [1.29, 1.82) is 0 Å². The molecule has 1 aliphatic heterocycles. The second-order valence-corrected chi connectivity index (χ2v) is 15.9. The minimum atomic E-state index is -7.16. The van der Waals surface area contributed by atoms with Crippen LogP contribution in [0.4, 0.5) is 132 Å². The number of rotatable bonds is 8. The molecule has 6 aromatic carbocycles. The van der Waals surface area contributed by atoms with Crippen molar-refractivity contribution in [1.82, 2.24) is 0 Å². The van der Waals surface area contributed by atoms with E-state index in [1.807, 2.05) is 0 Å². The number of halogens is 30. The fraction of sp³-hybridized carbons (Fsp3) is 0.0952. The van der Waals surface area contributed by atoms with Gasteiger partial charge in [0.05, 0.1) is 0 Å². The zero-order valence-corrected chi connectivity index (χ0v) is 36.3. The second kappa shape index (κ2) is 19.6. The molecule has 1 heterocycles. The first-order valence-corrected chi connectivity index (χ1v) is 19.9. The van der Waals surface area contributed by atoms with E-state index in [0.29, 0.717) is 0 Å². The molecular weight excluding hydrogens is 1160 g/mol. The Labute approximate surface area is 407 Å². The molecule has 0 aliphatic carbocycles. The number of esters is 2. The van der Waals surface area contributed by atoms with Crippen LogP contribution >= 0.6 is 0 Å². The molecular formula is C42H8B2F30O4. The topological polar surface area (TPSA) is 41.1 Å². The molecule has 36 heteroatoms. The number of benzene rings is 6. The van der Waals surface area contributed by atoms with Crippen LogP contribution in [-0.2, 0) is 18.2 Å². The second-order valence-electron chi connectivity index (χ2n) is 15.9. The molecule has 4 nitrogen and oxygen atoms in total. The van der Waals surface area contributed by atoms with Crippen molar-refractivity contribution in [3.63, 3.8) is 0 Å². The number of hydrogen-bond donors (Lipinski definition) is 0. The smallest absolute Gasteiger partial charge is 0.502 e. The highest BCUT2D eigenvalue weighted by molar-refractivity contribution is 7.06. The number of hydrogen-bond acceptors (Lipinski definition) is 2. The maximum absolute atomic E-state index is 16.1. The minimum Gasteiger partial charge on any atom is -0.559 e. The van der Waals surface area contributed by atoms with Crippen LogP contribution in [0.5, 0.6) is 0 Å². The van der Waals surface area contributed by atoms with Crippen LogP contribution in [0.2, 0.25) is 0 Å². The maximum Gasteiger partial charge on any atom is 0.502 e. The summed E-state index contributed by atoms with van der Waals surface area (Å²) in [7, 11) is 0. The molecule has 1 saturated heterocycles. The first-order chi connectivity index (χ1) is 36.0. The third kappa shape index (κ3) is 7.86. The average molecular weight is 1170 g/mol. The van der Waals surface area contributed by atoms with Crippen LogP contribution in [0.1, 0.15) is 13.8 Å². The average Bonchev–Trinajstić information content (AvgIpc) is 3.18. The molecule has 0 N–H and O–H groups in total. The largest absolute Gasteiger partial charge is 0.559 e. The first kappa shape index (κ1) is 58.0. The molecule has 416 valence electrons. The highest BCUT2D eigenvalue weighted by Crippen LogP contribution is 2.32. The van der Waals surface area contributed by atoms with E-state index >= 15 is 105 Å². The maximum atomic E-state index is 16.1. The van der Waals surface area contributed by atoms with Crippen molar-refractivity contribution in [2.75, 3.05) is 0 Å². The van der Waals surface area contributed by atoms with Gasteiger partial charge in [-0.1, -0.05) is 0 Å². The van der Waals surface area contributed by atoms with Gasteiger partial charge in [-0.2, -0.15) is 0 Å². The van der Waals surface area contributed by atoms with Gasteiger partial charge in [0.15, 0.2) is 105 Å². The van der Waals surface area contributed by atoms with Crippen LogP contribution in [0.3, 0.4) is 0 Å². The van der Waals surface area contributed by atoms with Crippen molar-refractivity contribution in [3.8, 4) is 0 Å². The predicted molar refractivity (Wildman–Crippen MR) is 198 cm³/mol. The van der Waals surface area contributed by atoms with Gasteiger partial charge in [0, 0.05) is 13.8 Å². The van der Waals surface area contributed by atoms with Gasteiger partial charge in [0.2, 0.25) is 0 Å². The fourth-order valence-electron chi connectivity index (χ4n) is 8.32. The van der Waals surface area contributed by atoms with Crippen LogP contribution < -0.4 is 32.8 Å². The number of carbonyl (C=O) groups excluding carboxylic acids is 2. The van der Waals surface area contributed by atoms with Gasteiger partial charge in [0.25, 0.3) is 0 Å². The Hall–Kier alpha value is -7.71. The van der Waals surface area contributed by atoms with E-state index in [1.54, 1.807) is 0 Å². The molecule has 0 spiro atoms. The van der Waals surface area contributed by atoms with E-state index in [-0.39, 0.29) is 13.8 Å². The summed E-state index contributed by atoms with van der Waals surface area (Å²) >= 11 is 0. The molecule has 0 radical (unpaired) electrons. The Morgan fingerprint density at radius 1 is 0.205 bits per heavy atom. The molecule has 78 heavy (non-hydrogen) atoms. The van der Waals surface area contributed by atoms with Gasteiger partial charge < -0.3 is 8.68 Å². The Balaban J connectivity index is 1.73. The van der Waals surface area contributed by atoms with Crippen LogP contribution in [-0.4, -0.2) is 36.8 Å². The van der Waals surface area contributed by atoms with Crippen LogP contribution in [0.15, 0.2) is 0 Å². The lowest BCUT2D eigenvalue weighted by Gasteiger charge is -2.36. The summed E-state index contributed by atoms with van der Waals surface area (Å²) < 4.78 is 482. The zero-order valence-electron chi connectivity index (χ0n) is 36.3. The molecule has 0 bridgehead atoms. The molecule has 1 aliphatic rings. The van der Waals surface area contributed by atoms with E-state index in [9.17, 15) is 26.3 Å². The van der Waals surface area contributed by atoms with Gasteiger partial charge in [0.1, 0.15) is 69.8 Å². The summed E-state index contributed by atoms with van der Waals surface area (Å²) in [6.45, 7) is -0.0736. The molecule has 0 saturated carbocycles. The SMILES string of the molecule is C[C@@H]1OC(=[O+][B-](c2c(F)c(F)c(F)c(F)c2F)(c2c(F)c(F)c(F)c(F)c2F)c2c(F)c(F)c(F)c(F)c2F)[C@H](C)OC1=[O+][B-](c1c(F)c(F)c(F)c(F)c1F)(c1c(F)c(F)c(F)c(F)c1F)c1c(F)c(F)c(F)c(F)c1F. The van der Waals surface area contributed by atoms with Gasteiger partial charge in [-0.05, 0) is 32.8 Å². The molecule has 1 fully saturated rings. The van der Waals surface area contributed by atoms with E-state index in [1.165, 1.54) is 0 Å². The monoisotopic (exact) mass is 1170 g/mol. The lowest BCUT2D eigenvalue weighted by atomic mass is 9.27. The molecule has 0 amide bonds. The quantitative estimate of drug-likeness (QED) is 0.0384. The molecule has 6 aromatic rings. The van der Waals surface area contributed by atoms with E-state index in [4.69, 9.17) is 18.2 Å². The lowest BCUT2D eigenvalue weighted by Crippen LogP contribution is -2.75. The van der Waals surface area contributed by atoms with Crippen molar-refractivity contribution < 1.29 is 150 Å². The summed E-state index contributed by atoms with van der Waals surface area (Å²) in [5, 5.41) is 0. The van der Waals surface area contributed by atoms with E-state index in [2.05, 4.69) is 0 Å². The third-order valence-electron chi connectivity index (χ3n) is 11.7. The summed E-state index contributed by atoms with van der Waals surface area (Å²) in [6.07, 6.45) is -21.1. The van der Waals surface area contributed by atoms with Crippen LogP contribution in [0.25, 0.3) is 0 Å². The number of ether oxygens (including phenoxy) is 2. The number of cyclic esters (lactones) is 2. The van der Waals surface area contributed by atoms with Crippen LogP contribution in [0, 0.1) is 175 Å². The standard InChI is InChI=1S/C42H8B2F30O4/c1-3-41(77-43(5-11(45)23(57)35(69)24(58)12(5)46,6-13(47)25(59)36(70)26(60)14(6)48)7-15(49)27(61)37(71)28(62)16(7)50)76-4(2)42(75-3)78-44(8-17(51)29(63)38(72)30(64)18(8)52,9-19(53)31(65)39(73)32(66)20(9)54)10-21(55)33(67)40(74)34(68)22(10)56/h3-4H,1-2H3/t3-,4-/m0/s1. The normalized spacial score (nSPS) is 16.2. The van der Waals surface area contributed by atoms with Gasteiger partial charge in [-0.3, -0.25) is 9.47 Å². The van der Waals surface area contributed by atoms with E-state index < -0.39 is 244 Å². The Morgan fingerprint density at radius 3 is 0.423 bits per heavy atom. The summed E-state index contributed by atoms with van der Waals surface area (Å²) in [5.41, 5.74) is -21.1. The van der Waals surface area contributed by atoms with E-state index in [0.717, 1.165) is 0 Å². The van der Waals surface area contributed by atoms with Crippen molar-refractivity contribution in [3.05, 3.63) is 175 Å². The Morgan fingerprint density at radius 2 is 0.308 bits per heavy atom. The zero-order chi connectivity index (χ0) is 58.9. The minimum absolute atomic E-state index is 0.0368. The van der Waals surface area contributed by atoms with Gasteiger partial charge in [-0.25, -0.2) is 132 Å². The summed E-state index contributed by atoms with van der Waals surface area (Å²) in [6, 6.07) is 0. The van der Waals surface area contributed by atoms with Crippen molar-refractivity contribution >= 4 is 57.4 Å².